The number of carbonyl (C=O) groups is 2. The van der Waals surface area contributed by atoms with E-state index in [0.29, 0.717) is 15.7 Å². The molecule has 8 heteroatoms. The Morgan fingerprint density at radius 3 is 2.44 bits per heavy atom. The highest BCUT2D eigenvalue weighted by Crippen LogP contribution is 2.25. The fourth-order valence-electron chi connectivity index (χ4n) is 1.83. The number of nitrogens with one attached hydrogen (secondary N) is 2. The van der Waals surface area contributed by atoms with Crippen molar-refractivity contribution in [2.45, 2.75) is 6.42 Å². The Morgan fingerprint density at radius 2 is 1.80 bits per heavy atom. The third-order valence-electron chi connectivity index (χ3n) is 3.04. The molecule has 0 bridgehead atoms. The summed E-state index contributed by atoms with van der Waals surface area (Å²) in [5.74, 6) is -0.307. The lowest BCUT2D eigenvalue weighted by Crippen LogP contribution is -2.24. The molecule has 0 unspecified atom stereocenters. The number of carbonyl (C=O) groups excluding carboxylic acids is 2. The quantitative estimate of drug-likeness (QED) is 0.458. The molecule has 0 aliphatic heterocycles. The van der Waals surface area contributed by atoms with E-state index >= 15 is 0 Å². The van der Waals surface area contributed by atoms with Crippen molar-refractivity contribution in [3.63, 3.8) is 0 Å². The Morgan fingerprint density at radius 1 is 1.08 bits per heavy atom. The number of rotatable bonds is 6. The van der Waals surface area contributed by atoms with E-state index in [-0.39, 0.29) is 6.42 Å². The van der Waals surface area contributed by atoms with Gasteiger partial charge in [0.05, 0.1) is 23.4 Å². The number of hydrogen-bond donors (Lipinski definition) is 2. The minimum atomic E-state index is -0.540. The van der Waals surface area contributed by atoms with E-state index in [1.165, 1.54) is 12.3 Å². The highest BCUT2D eigenvalue weighted by molar-refractivity contribution is 6.42. The molecule has 25 heavy (non-hydrogen) atoms. The summed E-state index contributed by atoms with van der Waals surface area (Å²) in [6.07, 6.45) is 1.09. The summed E-state index contributed by atoms with van der Waals surface area (Å²) in [5.41, 5.74) is 3.52. The Kier molecular flexibility index (Phi) is 6.80. The summed E-state index contributed by atoms with van der Waals surface area (Å²) in [6.45, 7) is 0. The molecule has 6 nitrogen and oxygen atoms in total. The molecule has 0 aliphatic rings. The second kappa shape index (κ2) is 9.05. The zero-order valence-corrected chi connectivity index (χ0v) is 14.8. The summed E-state index contributed by atoms with van der Waals surface area (Å²) in [6, 6.07) is 11.8. The fourth-order valence-corrected chi connectivity index (χ4v) is 2.13. The molecule has 130 valence electrons. The van der Waals surface area contributed by atoms with Gasteiger partial charge in [-0.25, -0.2) is 5.43 Å². The number of ether oxygens (including phenoxy) is 1. The fraction of sp³-hybridized carbons (Fsp3) is 0.118. The van der Waals surface area contributed by atoms with E-state index in [9.17, 15) is 9.59 Å². The average Bonchev–Trinajstić information content (AvgIpc) is 2.58. The summed E-state index contributed by atoms with van der Waals surface area (Å²) < 4.78 is 5.04. The van der Waals surface area contributed by atoms with Crippen molar-refractivity contribution in [2.75, 3.05) is 12.4 Å². The minimum absolute atomic E-state index is 0.313. The van der Waals surface area contributed by atoms with Crippen molar-refractivity contribution in [2.24, 2.45) is 5.10 Å². The molecule has 0 radical (unpaired) electrons. The van der Waals surface area contributed by atoms with Gasteiger partial charge in [0.1, 0.15) is 12.2 Å². The summed E-state index contributed by atoms with van der Waals surface area (Å²) in [5, 5.41) is 7.04. The monoisotopic (exact) mass is 379 g/mol. The number of nitrogens with zero attached hydrogens (tertiary/aromatic N) is 1. The average molecular weight is 380 g/mol. The van der Waals surface area contributed by atoms with Crippen LogP contribution in [-0.4, -0.2) is 25.1 Å². The van der Waals surface area contributed by atoms with Gasteiger partial charge in [0.15, 0.2) is 0 Å². The van der Waals surface area contributed by atoms with Crippen molar-refractivity contribution in [3.8, 4) is 5.75 Å². The maximum absolute atomic E-state index is 11.8. The summed E-state index contributed by atoms with van der Waals surface area (Å²) in [7, 11) is 1.58. The molecule has 2 aromatic carbocycles. The molecule has 2 aromatic rings. The van der Waals surface area contributed by atoms with Crippen LogP contribution < -0.4 is 15.5 Å². The first-order valence-electron chi connectivity index (χ1n) is 7.19. The number of anilines is 1. The van der Waals surface area contributed by atoms with Gasteiger partial charge in [-0.05, 0) is 48.0 Å². The number of methoxy groups -OCH3 is 1. The number of hydrogen-bond acceptors (Lipinski definition) is 4. The minimum Gasteiger partial charge on any atom is -0.497 e. The van der Waals surface area contributed by atoms with Crippen molar-refractivity contribution >= 4 is 46.9 Å². The lowest BCUT2D eigenvalue weighted by Gasteiger charge is -2.05. The first-order chi connectivity index (χ1) is 12.0. The zero-order chi connectivity index (χ0) is 18.2. The molecule has 0 atom stereocenters. The van der Waals surface area contributed by atoms with Gasteiger partial charge in [0.25, 0.3) is 0 Å². The highest BCUT2D eigenvalue weighted by atomic mass is 35.5. The van der Waals surface area contributed by atoms with Crippen LogP contribution in [0.5, 0.6) is 5.75 Å². The Labute approximate surface area is 154 Å². The van der Waals surface area contributed by atoms with Crippen LogP contribution in [0.4, 0.5) is 5.69 Å². The van der Waals surface area contributed by atoms with Crippen LogP contribution in [0.2, 0.25) is 10.0 Å². The second-order valence-electron chi connectivity index (χ2n) is 4.92. The van der Waals surface area contributed by atoms with E-state index in [1.54, 1.807) is 43.5 Å². The zero-order valence-electron chi connectivity index (χ0n) is 13.3. The van der Waals surface area contributed by atoms with Gasteiger partial charge in [-0.15, -0.1) is 0 Å². The molecule has 0 spiro atoms. The third kappa shape index (κ3) is 6.10. The highest BCUT2D eigenvalue weighted by Gasteiger charge is 2.09. The number of benzene rings is 2. The van der Waals surface area contributed by atoms with Gasteiger partial charge in [-0.1, -0.05) is 23.2 Å². The smallest absolute Gasteiger partial charge is 0.249 e. The molecule has 2 amide bonds. The maximum atomic E-state index is 11.8. The van der Waals surface area contributed by atoms with Gasteiger partial charge >= 0.3 is 0 Å². The molecule has 0 saturated heterocycles. The first kappa shape index (κ1) is 18.8. The molecule has 0 fully saturated rings. The first-order valence-corrected chi connectivity index (χ1v) is 7.94. The molecular weight excluding hydrogens is 365 g/mol. The molecule has 0 saturated carbocycles. The van der Waals surface area contributed by atoms with E-state index in [0.717, 1.165) is 11.3 Å². The van der Waals surface area contributed by atoms with Crippen molar-refractivity contribution in [1.82, 2.24) is 5.43 Å². The number of halogens is 2. The van der Waals surface area contributed by atoms with E-state index in [4.69, 9.17) is 27.9 Å². The van der Waals surface area contributed by atoms with Gasteiger partial charge in [-0.2, -0.15) is 5.10 Å². The molecule has 0 aromatic heterocycles. The van der Waals surface area contributed by atoms with Crippen LogP contribution in [0.1, 0.15) is 12.0 Å². The van der Waals surface area contributed by atoms with Crippen LogP contribution in [-0.2, 0) is 9.59 Å². The SMILES string of the molecule is COc1ccc(/C=N\NC(=O)CC(=O)Nc2ccc(Cl)c(Cl)c2)cc1. The number of amides is 2. The number of hydrazone groups is 1. The van der Waals surface area contributed by atoms with E-state index < -0.39 is 11.8 Å². The van der Waals surface area contributed by atoms with Gasteiger partial charge in [0, 0.05) is 5.69 Å². The molecule has 2 N–H and O–H groups in total. The standard InChI is InChI=1S/C17H15Cl2N3O3/c1-25-13-5-2-11(3-6-13)10-20-22-17(24)9-16(23)21-12-4-7-14(18)15(19)8-12/h2-8,10H,9H2,1H3,(H,21,23)(H,22,24)/b20-10-. The summed E-state index contributed by atoms with van der Waals surface area (Å²) >= 11 is 11.7. The van der Waals surface area contributed by atoms with Crippen LogP contribution in [0, 0.1) is 0 Å². The lowest BCUT2D eigenvalue weighted by atomic mass is 10.2. The summed E-state index contributed by atoms with van der Waals surface area (Å²) in [4.78, 5) is 23.5. The predicted octanol–water partition coefficient (Wildman–Crippen LogP) is 3.48. The van der Waals surface area contributed by atoms with E-state index in [1.807, 2.05) is 0 Å². The predicted molar refractivity (Wildman–Crippen MR) is 98.4 cm³/mol. The Balaban J connectivity index is 1.81. The largest absolute Gasteiger partial charge is 0.497 e. The molecule has 0 aliphatic carbocycles. The Bertz CT molecular complexity index is 792. The molecule has 0 heterocycles. The van der Waals surface area contributed by atoms with Crippen molar-refractivity contribution in [3.05, 3.63) is 58.1 Å². The molecule has 2 rings (SSSR count). The third-order valence-corrected chi connectivity index (χ3v) is 3.78. The van der Waals surface area contributed by atoms with E-state index in [2.05, 4.69) is 15.8 Å². The molecular formula is C17H15Cl2N3O3. The van der Waals surface area contributed by atoms with Crippen LogP contribution in [0.15, 0.2) is 47.6 Å². The topological polar surface area (TPSA) is 79.8 Å². The van der Waals surface area contributed by atoms with Gasteiger partial charge in [0.2, 0.25) is 11.8 Å². The van der Waals surface area contributed by atoms with Crippen LogP contribution >= 0.6 is 23.2 Å². The second-order valence-corrected chi connectivity index (χ2v) is 5.73. The van der Waals surface area contributed by atoms with Crippen LogP contribution in [0.25, 0.3) is 0 Å². The normalized spacial score (nSPS) is 10.5. The van der Waals surface area contributed by atoms with Gasteiger partial charge in [-0.3, -0.25) is 9.59 Å². The van der Waals surface area contributed by atoms with Crippen molar-refractivity contribution < 1.29 is 14.3 Å². The maximum Gasteiger partial charge on any atom is 0.249 e. The van der Waals surface area contributed by atoms with Gasteiger partial charge < -0.3 is 10.1 Å². The van der Waals surface area contributed by atoms with Crippen LogP contribution in [0.3, 0.4) is 0 Å². The van der Waals surface area contributed by atoms with Crippen molar-refractivity contribution in [1.29, 1.82) is 0 Å². The lowest BCUT2D eigenvalue weighted by molar-refractivity contribution is -0.126. The Hall–Kier alpha value is -2.57.